The summed E-state index contributed by atoms with van der Waals surface area (Å²) in [6, 6.07) is 2.00. The molecule has 0 heterocycles. The topological polar surface area (TPSA) is 106 Å². The van der Waals surface area contributed by atoms with E-state index >= 15 is 0 Å². The fourth-order valence-corrected chi connectivity index (χ4v) is 3.76. The monoisotopic (exact) mass is 381 g/mol. The van der Waals surface area contributed by atoms with Gasteiger partial charge in [0.25, 0.3) is 0 Å². The highest BCUT2D eigenvalue weighted by Gasteiger charge is 2.28. The Morgan fingerprint density at radius 1 is 1.43 bits per heavy atom. The van der Waals surface area contributed by atoms with Gasteiger partial charge in [-0.1, -0.05) is 13.3 Å². The minimum atomic E-state index is -4.03. The lowest BCUT2D eigenvalue weighted by Crippen LogP contribution is -2.39. The first-order valence-corrected chi connectivity index (χ1v) is 8.46. The number of nitrogens with zero attached hydrogens (tertiary/aromatic N) is 1. The summed E-state index contributed by atoms with van der Waals surface area (Å²) in [4.78, 5) is 10.8. The number of nitrogen functional groups attached to an aromatic ring is 1. The van der Waals surface area contributed by atoms with E-state index < -0.39 is 28.3 Å². The van der Waals surface area contributed by atoms with Gasteiger partial charge in [0.1, 0.15) is 10.7 Å². The summed E-state index contributed by atoms with van der Waals surface area (Å²) in [6.45, 7) is 1.57. The van der Waals surface area contributed by atoms with Gasteiger partial charge < -0.3 is 11.5 Å². The quantitative estimate of drug-likeness (QED) is 0.696. The van der Waals surface area contributed by atoms with Gasteiger partial charge in [0.05, 0.1) is 16.7 Å². The number of sulfonamides is 1. The summed E-state index contributed by atoms with van der Waals surface area (Å²) in [5.74, 6) is -1.43. The molecule has 0 aliphatic rings. The second-order valence-corrected chi connectivity index (χ2v) is 7.22. The number of amides is 1. The summed E-state index contributed by atoms with van der Waals surface area (Å²) < 4.78 is 39.4. The largest absolute Gasteiger partial charge is 0.398 e. The molecule has 0 aromatic heterocycles. The summed E-state index contributed by atoms with van der Waals surface area (Å²) >= 11 is 2.92. The zero-order valence-corrected chi connectivity index (χ0v) is 13.9. The second-order valence-electron chi connectivity index (χ2n) is 4.46. The minimum absolute atomic E-state index is 0.0233. The van der Waals surface area contributed by atoms with Crippen LogP contribution >= 0.6 is 15.9 Å². The number of halogens is 2. The third kappa shape index (κ3) is 4.39. The lowest BCUT2D eigenvalue weighted by Gasteiger charge is -2.21. The third-order valence-corrected chi connectivity index (χ3v) is 5.27. The van der Waals surface area contributed by atoms with Crippen molar-refractivity contribution >= 4 is 37.5 Å². The van der Waals surface area contributed by atoms with Crippen LogP contribution in [0.5, 0.6) is 0 Å². The van der Waals surface area contributed by atoms with E-state index in [1.54, 1.807) is 0 Å². The van der Waals surface area contributed by atoms with Crippen molar-refractivity contribution in [3.8, 4) is 0 Å². The van der Waals surface area contributed by atoms with E-state index in [1.807, 2.05) is 6.92 Å². The molecule has 118 valence electrons. The highest BCUT2D eigenvalue weighted by atomic mass is 79.9. The molecule has 0 radical (unpaired) electrons. The minimum Gasteiger partial charge on any atom is -0.398 e. The molecule has 1 aromatic carbocycles. The van der Waals surface area contributed by atoms with E-state index in [0.717, 1.165) is 22.9 Å². The number of primary amides is 1. The summed E-state index contributed by atoms with van der Waals surface area (Å²) in [5.41, 5.74) is 10.5. The maximum atomic E-state index is 13.4. The molecular formula is C12H17BrFN3O3S. The second kappa shape index (κ2) is 7.19. The molecule has 0 aliphatic heterocycles. The standard InChI is InChI=1S/C12H17BrFN3O3S/c1-2-3-4-17(7-12(16)18)21(19,20)11-5-8(13)9(14)6-10(11)15/h5-6H,2-4,7,15H2,1H3,(H2,16,18). The van der Waals surface area contributed by atoms with Crippen molar-refractivity contribution in [2.24, 2.45) is 5.73 Å². The molecule has 0 fully saturated rings. The zero-order valence-electron chi connectivity index (χ0n) is 11.5. The van der Waals surface area contributed by atoms with Gasteiger partial charge in [0.15, 0.2) is 0 Å². The average molecular weight is 382 g/mol. The number of hydrogen-bond acceptors (Lipinski definition) is 4. The first kappa shape index (κ1) is 17.9. The number of hydrogen-bond donors (Lipinski definition) is 2. The van der Waals surface area contributed by atoms with Crippen LogP contribution in [0.1, 0.15) is 19.8 Å². The van der Waals surface area contributed by atoms with Crippen LogP contribution < -0.4 is 11.5 Å². The van der Waals surface area contributed by atoms with Crippen LogP contribution in [0, 0.1) is 5.82 Å². The molecule has 0 saturated heterocycles. The van der Waals surface area contributed by atoms with Crippen molar-refractivity contribution < 1.29 is 17.6 Å². The number of rotatable bonds is 7. The summed E-state index contributed by atoms with van der Waals surface area (Å²) in [7, 11) is -4.03. The highest BCUT2D eigenvalue weighted by Crippen LogP contribution is 2.28. The molecule has 0 saturated carbocycles. The van der Waals surface area contributed by atoms with Crippen molar-refractivity contribution in [3.05, 3.63) is 22.4 Å². The molecule has 6 nitrogen and oxygen atoms in total. The highest BCUT2D eigenvalue weighted by molar-refractivity contribution is 9.10. The van der Waals surface area contributed by atoms with Crippen molar-refractivity contribution in [3.63, 3.8) is 0 Å². The number of anilines is 1. The maximum absolute atomic E-state index is 13.4. The van der Waals surface area contributed by atoms with Gasteiger partial charge in [-0.05, 0) is 34.5 Å². The predicted molar refractivity (Wildman–Crippen MR) is 81.4 cm³/mol. The number of unbranched alkanes of at least 4 members (excludes halogenated alkanes) is 1. The predicted octanol–water partition coefficient (Wildman–Crippen LogP) is 1.45. The first-order chi connectivity index (χ1) is 9.70. The summed E-state index contributed by atoms with van der Waals surface area (Å²) in [6.07, 6.45) is 1.31. The normalized spacial score (nSPS) is 11.8. The number of carbonyl (C=O) groups is 1. The average Bonchev–Trinajstić information content (AvgIpc) is 2.38. The molecule has 0 atom stereocenters. The van der Waals surface area contributed by atoms with Crippen molar-refractivity contribution in [1.29, 1.82) is 0 Å². The van der Waals surface area contributed by atoms with Crippen LogP contribution in [0.25, 0.3) is 0 Å². The van der Waals surface area contributed by atoms with Gasteiger partial charge in [-0.3, -0.25) is 4.79 Å². The Bertz CT molecular complexity index is 637. The molecule has 4 N–H and O–H groups in total. The molecule has 0 spiro atoms. The molecule has 0 unspecified atom stereocenters. The van der Waals surface area contributed by atoms with Gasteiger partial charge in [-0.25, -0.2) is 12.8 Å². The number of benzene rings is 1. The molecule has 9 heteroatoms. The molecule has 1 amide bonds. The molecule has 21 heavy (non-hydrogen) atoms. The Hall–Kier alpha value is -1.19. The van der Waals surface area contributed by atoms with Crippen molar-refractivity contribution in [2.45, 2.75) is 24.7 Å². The Kier molecular flexibility index (Phi) is 6.11. The fourth-order valence-electron chi connectivity index (χ4n) is 1.70. The van der Waals surface area contributed by atoms with Crippen LogP contribution in [0.4, 0.5) is 10.1 Å². The Morgan fingerprint density at radius 2 is 2.05 bits per heavy atom. The number of nitrogens with two attached hydrogens (primary N) is 2. The SMILES string of the molecule is CCCCN(CC(N)=O)S(=O)(=O)c1cc(Br)c(F)cc1N. The molecule has 1 rings (SSSR count). The molecule has 0 bridgehead atoms. The van der Waals surface area contributed by atoms with Gasteiger partial charge in [0, 0.05) is 6.54 Å². The smallest absolute Gasteiger partial charge is 0.245 e. The lowest BCUT2D eigenvalue weighted by molar-refractivity contribution is -0.118. The van der Waals surface area contributed by atoms with Crippen LogP contribution in [0.3, 0.4) is 0 Å². The van der Waals surface area contributed by atoms with Crippen LogP contribution in [-0.4, -0.2) is 31.7 Å². The van der Waals surface area contributed by atoms with E-state index in [-0.39, 0.29) is 21.6 Å². The molecular weight excluding hydrogens is 365 g/mol. The zero-order chi connectivity index (χ0) is 16.2. The van der Waals surface area contributed by atoms with Gasteiger partial charge in [0.2, 0.25) is 15.9 Å². The Balaban J connectivity index is 3.27. The Labute approximate surface area is 131 Å². The summed E-state index contributed by atoms with van der Waals surface area (Å²) in [5, 5.41) is 0. The van der Waals surface area contributed by atoms with Crippen LogP contribution in [-0.2, 0) is 14.8 Å². The Morgan fingerprint density at radius 3 is 2.57 bits per heavy atom. The van der Waals surface area contributed by atoms with Gasteiger partial charge in [-0.15, -0.1) is 0 Å². The molecule has 1 aromatic rings. The fraction of sp³-hybridized carbons (Fsp3) is 0.417. The maximum Gasteiger partial charge on any atom is 0.245 e. The first-order valence-electron chi connectivity index (χ1n) is 6.23. The van der Waals surface area contributed by atoms with Gasteiger partial charge in [-0.2, -0.15) is 4.31 Å². The number of carbonyl (C=O) groups excluding carboxylic acids is 1. The third-order valence-electron chi connectivity index (χ3n) is 2.76. The van der Waals surface area contributed by atoms with Crippen molar-refractivity contribution in [2.75, 3.05) is 18.8 Å². The van der Waals surface area contributed by atoms with E-state index in [9.17, 15) is 17.6 Å². The lowest BCUT2D eigenvalue weighted by atomic mass is 10.3. The van der Waals surface area contributed by atoms with E-state index in [1.165, 1.54) is 0 Å². The molecule has 0 aliphatic carbocycles. The van der Waals surface area contributed by atoms with E-state index in [4.69, 9.17) is 11.5 Å². The van der Waals surface area contributed by atoms with Crippen LogP contribution in [0.2, 0.25) is 0 Å². The van der Waals surface area contributed by atoms with E-state index in [2.05, 4.69) is 15.9 Å². The van der Waals surface area contributed by atoms with E-state index in [0.29, 0.717) is 6.42 Å². The van der Waals surface area contributed by atoms with Crippen molar-refractivity contribution in [1.82, 2.24) is 4.31 Å². The van der Waals surface area contributed by atoms with Crippen LogP contribution in [0.15, 0.2) is 21.5 Å². The van der Waals surface area contributed by atoms with Gasteiger partial charge >= 0.3 is 0 Å².